The first-order valence-electron chi connectivity index (χ1n) is 9.81. The number of tetrazole rings is 1. The van der Waals surface area contributed by atoms with E-state index in [1.54, 1.807) is 11.8 Å². The van der Waals surface area contributed by atoms with Crippen LogP contribution in [0.4, 0.5) is 0 Å². The molecule has 1 aliphatic rings. The SMILES string of the molecule is COCCn1nnnc1C1(N(C)C)CCN(C(=O)CCCc2ccccc2)C1. The molecule has 152 valence electrons. The molecule has 1 fully saturated rings. The Balaban J connectivity index is 1.63. The van der Waals surface area contributed by atoms with Gasteiger partial charge in [0.2, 0.25) is 5.91 Å². The molecule has 8 heteroatoms. The van der Waals surface area contributed by atoms with Crippen molar-refractivity contribution < 1.29 is 9.53 Å². The minimum atomic E-state index is -0.369. The van der Waals surface area contributed by atoms with Gasteiger partial charge in [-0.3, -0.25) is 9.69 Å². The van der Waals surface area contributed by atoms with Crippen molar-refractivity contribution in [3.63, 3.8) is 0 Å². The minimum Gasteiger partial charge on any atom is -0.383 e. The van der Waals surface area contributed by atoms with Crippen molar-refractivity contribution in [2.24, 2.45) is 0 Å². The number of likely N-dealkylation sites (N-methyl/N-ethyl adjacent to an activating group) is 1. The monoisotopic (exact) mass is 386 g/mol. The van der Waals surface area contributed by atoms with Crippen LogP contribution in [0, 0.1) is 0 Å². The van der Waals surface area contributed by atoms with E-state index < -0.39 is 0 Å². The summed E-state index contributed by atoms with van der Waals surface area (Å²) < 4.78 is 6.97. The molecule has 0 bridgehead atoms. The molecule has 0 N–H and O–H groups in total. The topological polar surface area (TPSA) is 76.4 Å². The molecule has 1 aliphatic heterocycles. The number of rotatable bonds is 9. The molecule has 1 aromatic heterocycles. The highest BCUT2D eigenvalue weighted by atomic mass is 16.5. The van der Waals surface area contributed by atoms with Crippen LogP contribution in [-0.2, 0) is 28.0 Å². The van der Waals surface area contributed by atoms with Crippen LogP contribution in [-0.4, -0.2) is 76.8 Å². The molecule has 2 aromatic rings. The van der Waals surface area contributed by atoms with Crippen LogP contribution < -0.4 is 0 Å². The van der Waals surface area contributed by atoms with E-state index in [0.717, 1.165) is 31.6 Å². The van der Waals surface area contributed by atoms with Crippen LogP contribution in [0.15, 0.2) is 30.3 Å². The zero-order chi connectivity index (χ0) is 20.0. The lowest BCUT2D eigenvalue weighted by Gasteiger charge is -2.34. The molecule has 28 heavy (non-hydrogen) atoms. The third kappa shape index (κ3) is 4.39. The van der Waals surface area contributed by atoms with Crippen molar-refractivity contribution in [1.82, 2.24) is 30.0 Å². The quantitative estimate of drug-likeness (QED) is 0.647. The van der Waals surface area contributed by atoms with Gasteiger partial charge in [-0.05, 0) is 49.3 Å². The third-order valence-electron chi connectivity index (χ3n) is 5.61. The largest absolute Gasteiger partial charge is 0.383 e. The summed E-state index contributed by atoms with van der Waals surface area (Å²) in [5.74, 6) is 1.00. The van der Waals surface area contributed by atoms with E-state index in [1.807, 2.05) is 37.2 Å². The maximum atomic E-state index is 12.8. The van der Waals surface area contributed by atoms with Crippen LogP contribution in [0.5, 0.6) is 0 Å². The van der Waals surface area contributed by atoms with Crippen LogP contribution >= 0.6 is 0 Å². The summed E-state index contributed by atoms with van der Waals surface area (Å²) in [6.45, 7) is 2.47. The fraction of sp³-hybridized carbons (Fsp3) is 0.600. The number of aryl methyl sites for hydroxylation is 1. The summed E-state index contributed by atoms with van der Waals surface area (Å²) >= 11 is 0. The van der Waals surface area contributed by atoms with Crippen LogP contribution in [0.1, 0.15) is 30.7 Å². The van der Waals surface area contributed by atoms with E-state index >= 15 is 0 Å². The lowest BCUT2D eigenvalue weighted by Crippen LogP contribution is -2.47. The van der Waals surface area contributed by atoms with E-state index in [0.29, 0.717) is 26.1 Å². The van der Waals surface area contributed by atoms with E-state index in [-0.39, 0.29) is 11.4 Å². The second-order valence-corrected chi connectivity index (χ2v) is 7.55. The second-order valence-electron chi connectivity index (χ2n) is 7.55. The van der Waals surface area contributed by atoms with Crippen LogP contribution in [0.25, 0.3) is 0 Å². The van der Waals surface area contributed by atoms with Gasteiger partial charge in [0.1, 0.15) is 5.54 Å². The molecule has 1 unspecified atom stereocenters. The van der Waals surface area contributed by atoms with Gasteiger partial charge in [0.15, 0.2) is 5.82 Å². The fourth-order valence-corrected chi connectivity index (χ4v) is 3.87. The number of hydrogen-bond donors (Lipinski definition) is 0. The summed E-state index contributed by atoms with van der Waals surface area (Å²) in [6.07, 6.45) is 3.17. The maximum Gasteiger partial charge on any atom is 0.222 e. The summed E-state index contributed by atoms with van der Waals surface area (Å²) in [4.78, 5) is 16.9. The average Bonchev–Trinajstić information content (AvgIpc) is 3.35. The Morgan fingerprint density at radius 3 is 2.79 bits per heavy atom. The highest BCUT2D eigenvalue weighted by Crippen LogP contribution is 2.35. The van der Waals surface area contributed by atoms with Crippen molar-refractivity contribution in [1.29, 1.82) is 0 Å². The van der Waals surface area contributed by atoms with Gasteiger partial charge >= 0.3 is 0 Å². The predicted octanol–water partition coefficient (Wildman–Crippen LogP) is 1.33. The van der Waals surface area contributed by atoms with Gasteiger partial charge in [-0.2, -0.15) is 0 Å². The molecule has 3 rings (SSSR count). The third-order valence-corrected chi connectivity index (χ3v) is 5.61. The smallest absolute Gasteiger partial charge is 0.222 e. The van der Waals surface area contributed by atoms with Gasteiger partial charge in [0.05, 0.1) is 13.2 Å². The van der Waals surface area contributed by atoms with Gasteiger partial charge in [-0.1, -0.05) is 30.3 Å². The van der Waals surface area contributed by atoms with Gasteiger partial charge in [-0.15, -0.1) is 5.10 Å². The number of aromatic nitrogens is 4. The number of likely N-dealkylation sites (tertiary alicyclic amines) is 1. The number of carbonyl (C=O) groups is 1. The van der Waals surface area contributed by atoms with Gasteiger partial charge < -0.3 is 9.64 Å². The zero-order valence-corrected chi connectivity index (χ0v) is 17.0. The Kier molecular flexibility index (Phi) is 6.74. The number of ether oxygens (including phenoxy) is 1. The lowest BCUT2D eigenvalue weighted by atomic mass is 9.96. The Hall–Kier alpha value is -2.32. The van der Waals surface area contributed by atoms with Gasteiger partial charge in [-0.25, -0.2) is 4.68 Å². The molecule has 1 saturated heterocycles. The number of amides is 1. The molecule has 8 nitrogen and oxygen atoms in total. The van der Waals surface area contributed by atoms with Gasteiger partial charge in [0.25, 0.3) is 0 Å². The van der Waals surface area contributed by atoms with Crippen molar-refractivity contribution in [2.45, 2.75) is 37.8 Å². The van der Waals surface area contributed by atoms with Gasteiger partial charge in [0, 0.05) is 26.6 Å². The Bertz CT molecular complexity index is 763. The Morgan fingerprint density at radius 2 is 2.07 bits per heavy atom. The molecular weight excluding hydrogens is 356 g/mol. The Morgan fingerprint density at radius 1 is 1.29 bits per heavy atom. The summed E-state index contributed by atoms with van der Waals surface area (Å²) in [7, 11) is 5.72. The number of carbonyl (C=O) groups excluding carboxylic acids is 1. The summed E-state index contributed by atoms with van der Waals surface area (Å²) in [5.41, 5.74) is 0.906. The van der Waals surface area contributed by atoms with Crippen molar-refractivity contribution in [3.8, 4) is 0 Å². The molecule has 0 spiro atoms. The molecule has 1 aromatic carbocycles. The second kappa shape index (κ2) is 9.25. The number of hydrogen-bond acceptors (Lipinski definition) is 6. The fourth-order valence-electron chi connectivity index (χ4n) is 3.87. The minimum absolute atomic E-state index is 0.204. The highest BCUT2D eigenvalue weighted by molar-refractivity contribution is 5.76. The standard InChI is InChI=1S/C20H30N6O2/c1-24(2)20(19-21-22-23-26(19)14-15-28-3)12-13-25(16-20)18(27)11-7-10-17-8-5-4-6-9-17/h4-6,8-9H,7,10-16H2,1-3H3. The first-order valence-corrected chi connectivity index (χ1v) is 9.81. The first-order chi connectivity index (χ1) is 13.6. The lowest BCUT2D eigenvalue weighted by molar-refractivity contribution is -0.130. The number of benzene rings is 1. The molecule has 1 amide bonds. The molecule has 0 radical (unpaired) electrons. The summed E-state index contributed by atoms with van der Waals surface area (Å²) in [6, 6.07) is 10.3. The molecular formula is C20H30N6O2. The highest BCUT2D eigenvalue weighted by Gasteiger charge is 2.46. The van der Waals surface area contributed by atoms with E-state index in [4.69, 9.17) is 4.74 Å². The average molecular weight is 387 g/mol. The van der Waals surface area contributed by atoms with E-state index in [9.17, 15) is 4.79 Å². The Labute approximate surface area is 166 Å². The van der Waals surface area contributed by atoms with Crippen molar-refractivity contribution >= 4 is 5.91 Å². The zero-order valence-electron chi connectivity index (χ0n) is 17.0. The molecule has 2 heterocycles. The van der Waals surface area contributed by atoms with Crippen LogP contribution in [0.2, 0.25) is 0 Å². The van der Waals surface area contributed by atoms with Crippen LogP contribution in [0.3, 0.4) is 0 Å². The predicted molar refractivity (Wildman–Crippen MR) is 106 cm³/mol. The number of methoxy groups -OCH3 is 1. The van der Waals surface area contributed by atoms with Crippen molar-refractivity contribution in [3.05, 3.63) is 41.7 Å². The van der Waals surface area contributed by atoms with E-state index in [1.165, 1.54) is 5.56 Å². The first kappa shape index (κ1) is 20.4. The number of nitrogens with zero attached hydrogens (tertiary/aromatic N) is 6. The molecule has 0 saturated carbocycles. The molecule has 0 aliphatic carbocycles. The van der Waals surface area contributed by atoms with Crippen molar-refractivity contribution in [2.75, 3.05) is 40.9 Å². The van der Waals surface area contributed by atoms with E-state index in [2.05, 4.69) is 32.6 Å². The maximum absolute atomic E-state index is 12.8. The summed E-state index contributed by atoms with van der Waals surface area (Å²) in [5, 5.41) is 12.3. The normalized spacial score (nSPS) is 19.5. The molecule has 1 atom stereocenters.